The Kier molecular flexibility index (Phi) is 4.89. The van der Waals surface area contributed by atoms with Gasteiger partial charge in [-0.05, 0) is 42.0 Å². The van der Waals surface area contributed by atoms with Crippen molar-refractivity contribution in [3.8, 4) is 0 Å². The second-order valence-corrected chi connectivity index (χ2v) is 4.53. The van der Waals surface area contributed by atoms with Gasteiger partial charge in [0.05, 0.1) is 11.4 Å². The summed E-state index contributed by atoms with van der Waals surface area (Å²) >= 11 is 3.28. The molecule has 0 aliphatic rings. The zero-order valence-electron chi connectivity index (χ0n) is 9.67. The second-order valence-electron chi connectivity index (χ2n) is 3.71. The highest BCUT2D eigenvalue weighted by molar-refractivity contribution is 9.10. The maximum atomic E-state index is 11.7. The van der Waals surface area contributed by atoms with Crippen LogP contribution in [-0.4, -0.2) is 24.5 Å². The molecule has 0 saturated heterocycles. The van der Waals surface area contributed by atoms with Crippen LogP contribution >= 0.6 is 15.9 Å². The Labute approximate surface area is 104 Å². The molecule has 1 amide bonds. The molecule has 1 unspecified atom stereocenters. The van der Waals surface area contributed by atoms with Crippen molar-refractivity contribution in [1.29, 1.82) is 0 Å². The molecule has 1 atom stereocenters. The minimum atomic E-state index is -0.0620. The summed E-state index contributed by atoms with van der Waals surface area (Å²) < 4.78 is 0.770. The number of carbonyl (C=O) groups excluding carboxylic acids is 1. The lowest BCUT2D eigenvalue weighted by molar-refractivity contribution is -0.119. The minimum absolute atomic E-state index is 0.00146. The number of pyridine rings is 1. The van der Waals surface area contributed by atoms with Crippen molar-refractivity contribution in [2.75, 3.05) is 18.9 Å². The summed E-state index contributed by atoms with van der Waals surface area (Å²) in [6.07, 6.45) is 0. The van der Waals surface area contributed by atoms with Gasteiger partial charge in [-0.3, -0.25) is 4.79 Å². The van der Waals surface area contributed by atoms with Crippen molar-refractivity contribution in [3.63, 3.8) is 0 Å². The molecule has 1 aromatic rings. The highest BCUT2D eigenvalue weighted by atomic mass is 79.9. The van der Waals surface area contributed by atoms with Crippen molar-refractivity contribution >= 4 is 27.5 Å². The summed E-state index contributed by atoms with van der Waals surface area (Å²) in [6, 6.07) is 3.65. The van der Waals surface area contributed by atoms with Crippen LogP contribution in [0.4, 0.5) is 5.69 Å². The molecule has 4 nitrogen and oxygen atoms in total. The van der Waals surface area contributed by atoms with E-state index in [1.807, 2.05) is 33.0 Å². The first-order valence-corrected chi connectivity index (χ1v) is 5.92. The summed E-state index contributed by atoms with van der Waals surface area (Å²) in [7, 11) is 1.83. The molecule has 0 fully saturated rings. The molecular formula is C11H16BrN3O. The van der Waals surface area contributed by atoms with Gasteiger partial charge in [0.15, 0.2) is 0 Å². The average Bonchev–Trinajstić information content (AvgIpc) is 2.22. The van der Waals surface area contributed by atoms with Gasteiger partial charge in [-0.1, -0.05) is 6.92 Å². The number of carbonyl (C=O) groups is 1. The third kappa shape index (κ3) is 3.57. The normalized spacial score (nSPS) is 12.2. The molecule has 5 heteroatoms. The number of nitrogens with zero attached hydrogens (tertiary/aromatic N) is 1. The Morgan fingerprint density at radius 2 is 2.25 bits per heavy atom. The molecule has 0 aliphatic heterocycles. The molecule has 0 aromatic carbocycles. The van der Waals surface area contributed by atoms with Crippen LogP contribution in [0.15, 0.2) is 16.7 Å². The van der Waals surface area contributed by atoms with Gasteiger partial charge in [0.1, 0.15) is 4.60 Å². The molecule has 0 aliphatic carbocycles. The summed E-state index contributed by atoms with van der Waals surface area (Å²) in [5.41, 5.74) is 1.57. The number of hydrogen-bond acceptors (Lipinski definition) is 3. The number of anilines is 1. The lowest BCUT2D eigenvalue weighted by atomic mass is 10.1. The van der Waals surface area contributed by atoms with Gasteiger partial charge < -0.3 is 10.6 Å². The van der Waals surface area contributed by atoms with E-state index in [0.717, 1.165) is 16.0 Å². The van der Waals surface area contributed by atoms with E-state index in [1.165, 1.54) is 0 Å². The maximum absolute atomic E-state index is 11.7. The van der Waals surface area contributed by atoms with Gasteiger partial charge in [0.2, 0.25) is 5.91 Å². The molecule has 1 heterocycles. The highest BCUT2D eigenvalue weighted by Gasteiger charge is 2.13. The zero-order chi connectivity index (χ0) is 12.1. The van der Waals surface area contributed by atoms with Crippen LogP contribution in [0.2, 0.25) is 0 Å². The quantitative estimate of drug-likeness (QED) is 0.832. The van der Waals surface area contributed by atoms with E-state index in [1.54, 1.807) is 0 Å². The van der Waals surface area contributed by atoms with Gasteiger partial charge in [0, 0.05) is 12.5 Å². The largest absolute Gasteiger partial charge is 0.324 e. The van der Waals surface area contributed by atoms with E-state index in [-0.39, 0.29) is 11.8 Å². The molecule has 1 rings (SSSR count). The first kappa shape index (κ1) is 13.1. The number of aromatic nitrogens is 1. The average molecular weight is 286 g/mol. The van der Waals surface area contributed by atoms with Gasteiger partial charge >= 0.3 is 0 Å². The Hall–Kier alpha value is -0.940. The molecule has 16 heavy (non-hydrogen) atoms. The molecule has 1 aromatic heterocycles. The molecule has 0 saturated carbocycles. The highest BCUT2D eigenvalue weighted by Crippen LogP contribution is 2.16. The van der Waals surface area contributed by atoms with E-state index >= 15 is 0 Å². The summed E-state index contributed by atoms with van der Waals surface area (Å²) in [4.78, 5) is 16.0. The fourth-order valence-corrected chi connectivity index (χ4v) is 1.72. The number of aryl methyl sites for hydroxylation is 1. The van der Waals surface area contributed by atoms with Crippen molar-refractivity contribution in [2.24, 2.45) is 5.92 Å². The SMILES string of the molecule is CNCC(C)C(=O)Nc1ccc(Br)nc1C. The summed E-state index contributed by atoms with van der Waals surface area (Å²) in [6.45, 7) is 4.41. The minimum Gasteiger partial charge on any atom is -0.324 e. The van der Waals surface area contributed by atoms with Crippen LogP contribution in [0.1, 0.15) is 12.6 Å². The number of halogens is 1. The molecule has 0 radical (unpaired) electrons. The van der Waals surface area contributed by atoms with Crippen LogP contribution in [0.5, 0.6) is 0 Å². The first-order valence-electron chi connectivity index (χ1n) is 5.13. The first-order chi connectivity index (χ1) is 7.54. The van der Waals surface area contributed by atoms with Crippen LogP contribution in [0.25, 0.3) is 0 Å². The third-order valence-corrected chi connectivity index (χ3v) is 2.71. The molecule has 2 N–H and O–H groups in total. The molecular weight excluding hydrogens is 270 g/mol. The fourth-order valence-electron chi connectivity index (χ4n) is 1.32. The van der Waals surface area contributed by atoms with Crippen molar-refractivity contribution < 1.29 is 4.79 Å². The Bertz CT molecular complexity index is 381. The molecule has 88 valence electrons. The molecule has 0 spiro atoms. The van der Waals surface area contributed by atoms with Crippen LogP contribution in [0, 0.1) is 12.8 Å². The molecule has 0 bridgehead atoms. The van der Waals surface area contributed by atoms with Gasteiger partial charge in [-0.25, -0.2) is 4.98 Å². The van der Waals surface area contributed by atoms with Gasteiger partial charge in [-0.2, -0.15) is 0 Å². The topological polar surface area (TPSA) is 54.0 Å². The van der Waals surface area contributed by atoms with Crippen molar-refractivity contribution in [3.05, 3.63) is 22.4 Å². The van der Waals surface area contributed by atoms with Gasteiger partial charge in [-0.15, -0.1) is 0 Å². The maximum Gasteiger partial charge on any atom is 0.228 e. The Morgan fingerprint density at radius 3 is 2.81 bits per heavy atom. The van der Waals surface area contributed by atoms with Crippen molar-refractivity contribution in [2.45, 2.75) is 13.8 Å². The summed E-state index contributed by atoms with van der Waals surface area (Å²) in [5.74, 6) is -0.0605. The predicted molar refractivity (Wildman–Crippen MR) is 68.4 cm³/mol. The van der Waals surface area contributed by atoms with E-state index in [0.29, 0.717) is 6.54 Å². The zero-order valence-corrected chi connectivity index (χ0v) is 11.3. The predicted octanol–water partition coefficient (Wildman–Crippen LogP) is 1.95. The number of hydrogen-bond donors (Lipinski definition) is 2. The Morgan fingerprint density at radius 1 is 1.56 bits per heavy atom. The van der Waals surface area contributed by atoms with Crippen LogP contribution in [0.3, 0.4) is 0 Å². The van der Waals surface area contributed by atoms with Crippen LogP contribution < -0.4 is 10.6 Å². The lowest BCUT2D eigenvalue weighted by Gasteiger charge is -2.12. The fraction of sp³-hybridized carbons (Fsp3) is 0.455. The van der Waals surface area contributed by atoms with E-state index in [4.69, 9.17) is 0 Å². The van der Waals surface area contributed by atoms with Gasteiger partial charge in [0.25, 0.3) is 0 Å². The third-order valence-electron chi connectivity index (χ3n) is 2.27. The van der Waals surface area contributed by atoms with E-state index < -0.39 is 0 Å². The lowest BCUT2D eigenvalue weighted by Crippen LogP contribution is -2.28. The standard InChI is InChI=1S/C11H16BrN3O/c1-7(6-13-3)11(16)15-9-4-5-10(12)14-8(9)2/h4-5,7,13H,6H2,1-3H3,(H,15,16). The second kappa shape index (κ2) is 5.96. The Balaban J connectivity index is 2.69. The summed E-state index contributed by atoms with van der Waals surface area (Å²) in [5, 5.41) is 5.83. The monoisotopic (exact) mass is 285 g/mol. The van der Waals surface area contributed by atoms with Crippen LogP contribution in [-0.2, 0) is 4.79 Å². The smallest absolute Gasteiger partial charge is 0.228 e. The number of nitrogens with one attached hydrogen (secondary N) is 2. The number of amides is 1. The van der Waals surface area contributed by atoms with E-state index in [2.05, 4.69) is 31.5 Å². The van der Waals surface area contributed by atoms with E-state index in [9.17, 15) is 4.79 Å². The van der Waals surface area contributed by atoms with Crippen molar-refractivity contribution in [1.82, 2.24) is 10.3 Å². The number of rotatable bonds is 4.